The Morgan fingerprint density at radius 3 is 2.39 bits per heavy atom. The molecule has 4 heterocycles. The molecule has 0 amide bonds. The fourth-order valence-corrected chi connectivity index (χ4v) is 8.70. The Hall–Kier alpha value is -4.49. The van der Waals surface area contributed by atoms with Gasteiger partial charge < -0.3 is 24.5 Å². The Kier molecular flexibility index (Phi) is 13.6. The molecule has 5 aromatic rings. The normalized spacial score (nSPS) is 15.8. The van der Waals surface area contributed by atoms with Crippen LogP contribution in [0.15, 0.2) is 48.5 Å². The highest BCUT2D eigenvalue weighted by Gasteiger charge is 2.31. The standard InChI is InChI=1S/C43H54ClFN6O3.CH2O2/c1-28-38(29(2)48(6)47-28)39-36(44)15-14-35-34(10-8-26-53-37-11-7-9-30-27-31(45)12-13-33(30)37)41(42(52)54-43(3,4)5)51(40(35)39)25-22-49-20-23-50(24-21-49)32-16-18-46-19-17-32;2-1-3/h7,9,11-15,27,32,46H,8,10,16-26H2,1-6H3;1H,(H,2,3). The van der Waals surface area contributed by atoms with Crippen LogP contribution < -0.4 is 10.1 Å². The summed E-state index contributed by atoms with van der Waals surface area (Å²) in [7, 11) is 1.95. The van der Waals surface area contributed by atoms with Gasteiger partial charge in [0.1, 0.15) is 22.9 Å². The number of hydrogen-bond acceptors (Lipinski definition) is 8. The third-order valence-corrected chi connectivity index (χ3v) is 11.4. The summed E-state index contributed by atoms with van der Waals surface area (Å²) in [6.45, 7) is 17.7. The Morgan fingerprint density at radius 1 is 1.02 bits per heavy atom. The molecule has 0 radical (unpaired) electrons. The van der Waals surface area contributed by atoms with Gasteiger partial charge in [0, 0.05) is 80.0 Å². The predicted molar refractivity (Wildman–Crippen MR) is 224 cm³/mol. The van der Waals surface area contributed by atoms with Crippen molar-refractivity contribution in [2.45, 2.75) is 78.5 Å². The van der Waals surface area contributed by atoms with Crippen LogP contribution in [-0.4, -0.2) is 106 Å². The quantitative estimate of drug-likeness (QED) is 0.0791. The summed E-state index contributed by atoms with van der Waals surface area (Å²) < 4.78 is 30.5. The number of piperidine rings is 1. The lowest BCUT2D eigenvalue weighted by molar-refractivity contribution is -0.122. The number of hydrogen-bond donors (Lipinski definition) is 2. The molecule has 13 heteroatoms. The topological polar surface area (TPSA) is 114 Å². The van der Waals surface area contributed by atoms with Crippen LogP contribution in [0.25, 0.3) is 32.8 Å². The van der Waals surface area contributed by atoms with Crippen molar-refractivity contribution in [1.29, 1.82) is 0 Å². The Balaban J connectivity index is 0.00000177. The minimum atomic E-state index is -0.686. The average Bonchev–Trinajstić information content (AvgIpc) is 3.63. The van der Waals surface area contributed by atoms with Crippen LogP contribution in [-0.2, 0) is 29.5 Å². The number of rotatable bonds is 11. The number of aromatic nitrogens is 3. The molecule has 0 saturated carbocycles. The minimum absolute atomic E-state index is 0.250. The number of halogens is 2. The Bertz CT molecular complexity index is 2200. The maximum Gasteiger partial charge on any atom is 0.355 e. The van der Waals surface area contributed by atoms with Crippen molar-refractivity contribution < 1.29 is 28.6 Å². The number of carboxylic acid groups (broad SMARTS) is 1. The lowest BCUT2D eigenvalue weighted by Gasteiger charge is -2.41. The SMILES string of the molecule is Cc1nn(C)c(C)c1-c1c(Cl)ccc2c(CCCOc3cccc4cc(F)ccc34)c(C(=O)OC(C)(C)C)n(CCN3CCN(C4CCNCC4)CC3)c12.O=CO. The fraction of sp³-hybridized carbons (Fsp3) is 0.477. The van der Waals surface area contributed by atoms with E-state index in [4.69, 9.17) is 36.1 Å². The van der Waals surface area contributed by atoms with E-state index in [-0.39, 0.29) is 18.3 Å². The fourth-order valence-electron chi connectivity index (χ4n) is 8.45. The third-order valence-electron chi connectivity index (χ3n) is 11.1. The molecule has 7 rings (SSSR count). The molecular weight excluding hydrogens is 747 g/mol. The lowest BCUT2D eigenvalue weighted by Crippen LogP contribution is -2.53. The van der Waals surface area contributed by atoms with Gasteiger partial charge in [-0.05, 0) is 115 Å². The maximum absolute atomic E-state index is 14.5. The maximum atomic E-state index is 14.5. The number of esters is 1. The number of fused-ring (bicyclic) bond motifs is 2. The monoisotopic (exact) mass is 802 g/mol. The second-order valence-electron chi connectivity index (χ2n) is 16.0. The zero-order chi connectivity index (χ0) is 40.9. The van der Waals surface area contributed by atoms with E-state index in [1.807, 2.05) is 63.7 Å². The molecule has 0 atom stereocenters. The zero-order valence-corrected chi connectivity index (χ0v) is 34.8. The third kappa shape index (κ3) is 9.63. The molecule has 2 aliphatic heterocycles. The zero-order valence-electron chi connectivity index (χ0n) is 34.0. The van der Waals surface area contributed by atoms with Gasteiger partial charge in [-0.15, -0.1) is 0 Å². The van der Waals surface area contributed by atoms with Crippen LogP contribution in [0.2, 0.25) is 5.02 Å². The summed E-state index contributed by atoms with van der Waals surface area (Å²) in [6, 6.07) is 15.1. The van der Waals surface area contributed by atoms with Crippen molar-refractivity contribution in [3.63, 3.8) is 0 Å². The number of ether oxygens (including phenoxy) is 2. The van der Waals surface area contributed by atoms with Crippen LogP contribution in [0, 0.1) is 19.7 Å². The number of piperazine rings is 1. The number of nitrogens with zero attached hydrogens (tertiary/aromatic N) is 5. The molecule has 2 saturated heterocycles. The summed E-state index contributed by atoms with van der Waals surface area (Å²) >= 11 is 7.17. The molecule has 2 N–H and O–H groups in total. The first-order chi connectivity index (χ1) is 27.3. The minimum Gasteiger partial charge on any atom is -0.493 e. The van der Waals surface area contributed by atoms with E-state index in [1.54, 1.807) is 6.07 Å². The van der Waals surface area contributed by atoms with Crippen molar-refractivity contribution in [2.24, 2.45) is 7.05 Å². The molecular formula is C44H56ClFN6O5. The Labute approximate surface area is 339 Å². The van der Waals surface area contributed by atoms with Crippen LogP contribution in [0.1, 0.15) is 67.5 Å². The summed E-state index contributed by atoms with van der Waals surface area (Å²) in [4.78, 5) is 28.0. The molecule has 11 nitrogen and oxygen atoms in total. The first-order valence-corrected chi connectivity index (χ1v) is 20.3. The number of nitrogens with one attached hydrogen (secondary N) is 1. The van der Waals surface area contributed by atoms with Gasteiger partial charge in [-0.3, -0.25) is 19.3 Å². The average molecular weight is 803 g/mol. The first-order valence-electron chi connectivity index (χ1n) is 19.9. The van der Waals surface area contributed by atoms with Crippen molar-refractivity contribution in [3.05, 3.63) is 82.0 Å². The summed E-state index contributed by atoms with van der Waals surface area (Å²) in [5, 5.41) is 18.4. The predicted octanol–water partition coefficient (Wildman–Crippen LogP) is 7.64. The Morgan fingerprint density at radius 2 is 1.72 bits per heavy atom. The number of carbonyl (C=O) groups is 2. The van der Waals surface area contributed by atoms with Gasteiger partial charge in [0.15, 0.2) is 0 Å². The van der Waals surface area contributed by atoms with Crippen molar-refractivity contribution in [3.8, 4) is 16.9 Å². The van der Waals surface area contributed by atoms with Crippen molar-refractivity contribution in [2.75, 3.05) is 52.4 Å². The van der Waals surface area contributed by atoms with Gasteiger partial charge in [-0.2, -0.15) is 5.10 Å². The smallest absolute Gasteiger partial charge is 0.355 e. The summed E-state index contributed by atoms with van der Waals surface area (Å²) in [5.74, 6) is 0.0867. The van der Waals surface area contributed by atoms with Gasteiger partial charge in [0.05, 0.1) is 22.8 Å². The highest BCUT2D eigenvalue weighted by atomic mass is 35.5. The van der Waals surface area contributed by atoms with E-state index in [2.05, 4.69) is 32.7 Å². The van der Waals surface area contributed by atoms with Crippen LogP contribution >= 0.6 is 11.6 Å². The van der Waals surface area contributed by atoms with Crippen molar-refractivity contribution in [1.82, 2.24) is 29.5 Å². The van der Waals surface area contributed by atoms with E-state index in [0.717, 1.165) is 95.6 Å². The molecule has 2 aliphatic rings. The molecule has 2 fully saturated rings. The van der Waals surface area contributed by atoms with E-state index >= 15 is 0 Å². The van der Waals surface area contributed by atoms with Crippen LogP contribution in [0.5, 0.6) is 5.75 Å². The number of aryl methyl sites for hydroxylation is 3. The first kappa shape index (κ1) is 42.1. The summed E-state index contributed by atoms with van der Waals surface area (Å²) in [5.41, 5.74) is 5.51. The van der Waals surface area contributed by atoms with Gasteiger partial charge >= 0.3 is 5.97 Å². The second-order valence-corrected chi connectivity index (χ2v) is 16.4. The second kappa shape index (κ2) is 18.4. The van der Waals surface area contributed by atoms with Gasteiger partial charge in [-0.1, -0.05) is 29.8 Å². The molecule has 57 heavy (non-hydrogen) atoms. The highest BCUT2D eigenvalue weighted by Crippen LogP contribution is 2.42. The van der Waals surface area contributed by atoms with E-state index in [1.165, 1.54) is 25.0 Å². The molecule has 3 aromatic carbocycles. The van der Waals surface area contributed by atoms with Gasteiger partial charge in [-0.25, -0.2) is 9.18 Å². The molecule has 0 spiro atoms. The molecule has 0 bridgehead atoms. The largest absolute Gasteiger partial charge is 0.493 e. The van der Waals surface area contributed by atoms with Crippen molar-refractivity contribution >= 4 is 45.7 Å². The van der Waals surface area contributed by atoms with E-state index in [0.29, 0.717) is 48.5 Å². The molecule has 0 unspecified atom stereocenters. The molecule has 2 aromatic heterocycles. The number of benzene rings is 3. The lowest BCUT2D eigenvalue weighted by atomic mass is 9.98. The van der Waals surface area contributed by atoms with Crippen LogP contribution in [0.4, 0.5) is 4.39 Å². The summed E-state index contributed by atoms with van der Waals surface area (Å²) in [6.07, 6.45) is 3.65. The highest BCUT2D eigenvalue weighted by molar-refractivity contribution is 6.35. The van der Waals surface area contributed by atoms with E-state index < -0.39 is 5.60 Å². The van der Waals surface area contributed by atoms with E-state index in [9.17, 15) is 9.18 Å². The van der Waals surface area contributed by atoms with Crippen LogP contribution in [0.3, 0.4) is 0 Å². The van der Waals surface area contributed by atoms with Gasteiger partial charge in [0.25, 0.3) is 6.47 Å². The molecule has 306 valence electrons. The molecule has 0 aliphatic carbocycles. The number of carbonyl (C=O) groups excluding carboxylic acids is 1. The van der Waals surface area contributed by atoms with Gasteiger partial charge in [0.2, 0.25) is 0 Å².